The number of hydrogen-bond acceptors (Lipinski definition) is 12. The highest BCUT2D eigenvalue weighted by molar-refractivity contribution is 6.00. The van der Waals surface area contributed by atoms with E-state index in [0.29, 0.717) is 12.0 Å². The summed E-state index contributed by atoms with van der Waals surface area (Å²) >= 11 is 0. The summed E-state index contributed by atoms with van der Waals surface area (Å²) in [7, 11) is 3.75. The Morgan fingerprint density at radius 1 is 0.930 bits per heavy atom. The minimum atomic E-state index is -2.00. The van der Waals surface area contributed by atoms with E-state index in [2.05, 4.69) is 0 Å². The number of esters is 2. The minimum Gasteiger partial charge on any atom is -0.459 e. The van der Waals surface area contributed by atoms with Gasteiger partial charge in [0.05, 0.1) is 42.1 Å². The first-order valence-electron chi connectivity index (χ1n) is 20.1. The van der Waals surface area contributed by atoms with E-state index in [1.54, 1.807) is 58.0 Å². The number of aliphatic hydroxyl groups excluding tert-OH is 1. The molecule has 0 aromatic heterocycles. The number of ether oxygens (including phenoxy) is 5. The maximum atomic E-state index is 14.5. The van der Waals surface area contributed by atoms with Crippen molar-refractivity contribution in [1.29, 1.82) is 0 Å². The number of ketones is 2. The summed E-state index contributed by atoms with van der Waals surface area (Å²) in [4.78, 5) is 58.0. The van der Waals surface area contributed by atoms with Crippen LogP contribution in [0.5, 0.6) is 0 Å². The van der Waals surface area contributed by atoms with Crippen molar-refractivity contribution < 1.29 is 53.1 Å². The molecule has 12 heteroatoms. The van der Waals surface area contributed by atoms with Gasteiger partial charge in [0.1, 0.15) is 23.4 Å². The summed E-state index contributed by atoms with van der Waals surface area (Å²) in [6.07, 6.45) is -2.17. The summed E-state index contributed by atoms with van der Waals surface area (Å²) in [5.41, 5.74) is -2.15. The Kier molecular flexibility index (Phi) is 15.9. The fourth-order valence-electron chi connectivity index (χ4n) is 8.24. The van der Waals surface area contributed by atoms with Gasteiger partial charge in [0.2, 0.25) is 0 Å². The summed E-state index contributed by atoms with van der Waals surface area (Å²) in [6, 6.07) is 17.9. The number of benzene rings is 2. The Hall–Kier alpha value is -3.78. The largest absolute Gasteiger partial charge is 0.459 e. The molecule has 0 aliphatic carbocycles. The molecule has 0 saturated carbocycles. The summed E-state index contributed by atoms with van der Waals surface area (Å²) in [5, 5.41) is 23.0. The fraction of sp³-hybridized carbons (Fsp3) is 0.600. The maximum absolute atomic E-state index is 14.5. The number of rotatable bonds is 10. The molecule has 2 aliphatic heterocycles. The van der Waals surface area contributed by atoms with E-state index in [1.165, 1.54) is 20.8 Å². The van der Waals surface area contributed by atoms with Gasteiger partial charge in [-0.15, -0.1) is 0 Å². The van der Waals surface area contributed by atoms with Gasteiger partial charge >= 0.3 is 11.9 Å². The molecule has 2 N–H and O–H groups in total. The maximum Gasteiger partial charge on any atom is 0.338 e. The zero-order valence-electron chi connectivity index (χ0n) is 35.1. The molecule has 2 aliphatic rings. The van der Waals surface area contributed by atoms with E-state index in [-0.39, 0.29) is 37.4 Å². The van der Waals surface area contributed by atoms with Crippen LogP contribution in [0.3, 0.4) is 0 Å². The van der Waals surface area contributed by atoms with Gasteiger partial charge in [-0.1, -0.05) is 88.4 Å². The zero-order valence-corrected chi connectivity index (χ0v) is 35.1. The molecule has 2 heterocycles. The second-order valence-electron chi connectivity index (χ2n) is 16.5. The van der Waals surface area contributed by atoms with Crippen LogP contribution in [0.1, 0.15) is 90.6 Å². The van der Waals surface area contributed by atoms with Crippen LogP contribution in [0.15, 0.2) is 66.7 Å². The van der Waals surface area contributed by atoms with Gasteiger partial charge in [-0.05, 0) is 78.7 Å². The van der Waals surface area contributed by atoms with Crippen molar-refractivity contribution in [3.8, 4) is 0 Å². The molecule has 4 rings (SSSR count). The average Bonchev–Trinajstić information content (AvgIpc) is 3.19. The molecule has 0 amide bonds. The lowest BCUT2D eigenvalue weighted by Gasteiger charge is -2.48. The molecule has 0 unspecified atom stereocenters. The van der Waals surface area contributed by atoms with Gasteiger partial charge < -0.3 is 38.8 Å². The Labute approximate surface area is 337 Å². The van der Waals surface area contributed by atoms with E-state index < -0.39 is 83.3 Å². The average molecular weight is 794 g/mol. The first-order chi connectivity index (χ1) is 26.8. The fourth-order valence-corrected chi connectivity index (χ4v) is 8.24. The number of likely N-dealkylation sites (N-methyl/N-ethyl adjacent to an activating group) is 1. The molecular formula is C45H63NO11. The van der Waals surface area contributed by atoms with E-state index in [9.17, 15) is 29.4 Å². The molecule has 0 radical (unpaired) electrons. The van der Waals surface area contributed by atoms with Crippen LogP contribution in [-0.4, -0.2) is 113 Å². The van der Waals surface area contributed by atoms with Gasteiger partial charge in [-0.3, -0.25) is 14.4 Å². The number of cyclic esters (lactones) is 1. The highest BCUT2D eigenvalue weighted by atomic mass is 16.7. The minimum absolute atomic E-state index is 0.0103. The monoisotopic (exact) mass is 793 g/mol. The summed E-state index contributed by atoms with van der Waals surface area (Å²) in [5.74, 6) is -6.62. The topological polar surface area (TPSA) is 158 Å². The van der Waals surface area contributed by atoms with Crippen molar-refractivity contribution >= 4 is 29.6 Å². The van der Waals surface area contributed by atoms with Crippen molar-refractivity contribution in [2.24, 2.45) is 23.7 Å². The third-order valence-corrected chi connectivity index (χ3v) is 11.7. The van der Waals surface area contributed by atoms with Crippen LogP contribution < -0.4 is 0 Å². The van der Waals surface area contributed by atoms with E-state index >= 15 is 0 Å². The molecule has 12 nitrogen and oxygen atoms in total. The van der Waals surface area contributed by atoms with Gasteiger partial charge in [0.25, 0.3) is 0 Å². The molecule has 2 saturated heterocycles. The Morgan fingerprint density at radius 3 is 2.14 bits per heavy atom. The SMILES string of the molecule is CC[C@H]1OC(=O)[C@H](C)C(=O)[C@H](C)[C@@H](O[C@@H]2O[C@H](C)C[C@H](N(C)C)[C@H]2OC(=O)c2ccccc2)[C@](C)(OC/C=C/c2ccccc2)C[C@@H](C)C(=O)[C@H](C)[C@@H](O)[C@]1(C)O. The molecule has 0 bridgehead atoms. The number of hydrogen-bond donors (Lipinski definition) is 2. The van der Waals surface area contributed by atoms with Crippen molar-refractivity contribution in [3.05, 3.63) is 77.9 Å². The first kappa shape index (κ1) is 45.9. The zero-order chi connectivity index (χ0) is 42.2. The number of Topliss-reactive ketones (excluding diaryl/α,β-unsaturated/α-hetero) is 2. The Balaban J connectivity index is 1.85. The Bertz CT molecular complexity index is 1680. The van der Waals surface area contributed by atoms with Gasteiger partial charge in [-0.25, -0.2) is 4.79 Å². The highest BCUT2D eigenvalue weighted by Gasteiger charge is 2.53. The number of aliphatic hydroxyl groups is 2. The summed E-state index contributed by atoms with van der Waals surface area (Å²) < 4.78 is 32.0. The first-order valence-corrected chi connectivity index (χ1v) is 20.1. The molecule has 314 valence electrons. The second-order valence-corrected chi connectivity index (χ2v) is 16.5. The van der Waals surface area contributed by atoms with Gasteiger partial charge in [0.15, 0.2) is 18.2 Å². The second kappa shape index (κ2) is 19.8. The molecule has 13 atom stereocenters. The quantitative estimate of drug-likeness (QED) is 0.225. The standard InChI is InChI=1S/C45H63NO11/c1-11-35-45(8,52)39(49)29(4)36(47)27(2)26-44(7,53-24-18-21-32-19-14-12-15-20-32)40(30(5)37(48)31(6)41(50)55-35)57-43-38(34(46(9)10)25-28(3)54-43)56-42(51)33-22-16-13-17-23-33/h12-23,27-31,34-35,38-40,43,49,52H,11,24-26H2,1-10H3/b21-18+/t27-,28-,29+,30+,31-,34+,35-,38-,39-,40-,43+,44-,45-/m1/s1. The third kappa shape index (κ3) is 11.0. The number of carbonyl (C=O) groups excluding carboxylic acids is 4. The predicted octanol–water partition coefficient (Wildman–Crippen LogP) is 5.67. The predicted molar refractivity (Wildman–Crippen MR) is 215 cm³/mol. The Morgan fingerprint density at radius 2 is 1.54 bits per heavy atom. The van der Waals surface area contributed by atoms with Crippen molar-refractivity contribution in [2.45, 2.75) is 129 Å². The smallest absolute Gasteiger partial charge is 0.338 e. The van der Waals surface area contributed by atoms with Gasteiger partial charge in [-0.2, -0.15) is 0 Å². The highest BCUT2D eigenvalue weighted by Crippen LogP contribution is 2.39. The molecular weight excluding hydrogens is 730 g/mol. The van der Waals surface area contributed by atoms with Crippen LogP contribution in [0, 0.1) is 23.7 Å². The van der Waals surface area contributed by atoms with Crippen LogP contribution >= 0.6 is 0 Å². The van der Waals surface area contributed by atoms with Crippen molar-refractivity contribution in [1.82, 2.24) is 4.90 Å². The van der Waals surface area contributed by atoms with E-state index in [1.807, 2.05) is 68.4 Å². The van der Waals surface area contributed by atoms with Gasteiger partial charge in [0, 0.05) is 17.8 Å². The lowest BCUT2D eigenvalue weighted by Crippen LogP contribution is -2.60. The third-order valence-electron chi connectivity index (χ3n) is 11.7. The molecule has 2 fully saturated rings. The normalized spacial score (nSPS) is 36.2. The van der Waals surface area contributed by atoms with E-state index in [0.717, 1.165) is 5.56 Å². The van der Waals surface area contributed by atoms with Crippen molar-refractivity contribution in [3.63, 3.8) is 0 Å². The molecule has 0 spiro atoms. The van der Waals surface area contributed by atoms with Crippen LogP contribution in [0.2, 0.25) is 0 Å². The number of carbonyl (C=O) groups is 4. The molecule has 2 aromatic carbocycles. The van der Waals surface area contributed by atoms with Crippen LogP contribution in [0.25, 0.3) is 6.08 Å². The van der Waals surface area contributed by atoms with Crippen LogP contribution in [-0.2, 0) is 38.1 Å². The van der Waals surface area contributed by atoms with Crippen molar-refractivity contribution in [2.75, 3.05) is 20.7 Å². The van der Waals surface area contributed by atoms with Crippen LogP contribution in [0.4, 0.5) is 0 Å². The lowest BCUT2D eigenvalue weighted by atomic mass is 9.74. The molecule has 2 aromatic rings. The number of nitrogens with zero attached hydrogens (tertiary/aromatic N) is 1. The summed E-state index contributed by atoms with van der Waals surface area (Å²) in [6.45, 7) is 13.0. The van der Waals surface area contributed by atoms with E-state index in [4.69, 9.17) is 23.7 Å². The molecule has 57 heavy (non-hydrogen) atoms. The lowest BCUT2D eigenvalue weighted by molar-refractivity contribution is -0.296.